The molecule has 0 saturated heterocycles. The molecule has 0 aliphatic heterocycles. The molecule has 0 aliphatic carbocycles. The van der Waals surface area contributed by atoms with Gasteiger partial charge in [-0.3, -0.25) is 4.79 Å². The Balaban J connectivity index is 1.94. The van der Waals surface area contributed by atoms with Crippen molar-refractivity contribution in [2.75, 3.05) is 13.4 Å². The average molecular weight is 487 g/mol. The number of hydrogen-bond donors (Lipinski definition) is 1. The number of methoxy groups -OCH3 is 1. The van der Waals surface area contributed by atoms with Crippen molar-refractivity contribution >= 4 is 27.5 Å². The van der Waals surface area contributed by atoms with Gasteiger partial charge in [-0.05, 0) is 36.4 Å². The SMILES string of the molecule is COc1cc(C(=O)NS(C)(=O)=O)ccc1-c1cnc(Oc2c(F)ccc(F)c2F)c(Cl)c1. The molecule has 1 amide bonds. The Hall–Kier alpha value is -3.31. The van der Waals surface area contributed by atoms with Gasteiger partial charge in [0.05, 0.1) is 13.4 Å². The van der Waals surface area contributed by atoms with Crippen LogP contribution in [0.3, 0.4) is 0 Å². The highest BCUT2D eigenvalue weighted by Gasteiger charge is 2.20. The van der Waals surface area contributed by atoms with Crippen LogP contribution in [0, 0.1) is 17.5 Å². The third kappa shape index (κ3) is 5.11. The van der Waals surface area contributed by atoms with Gasteiger partial charge in [0.15, 0.2) is 11.6 Å². The fraction of sp³-hybridized carbons (Fsp3) is 0.100. The van der Waals surface area contributed by atoms with E-state index in [1.807, 2.05) is 4.72 Å². The van der Waals surface area contributed by atoms with Crippen molar-refractivity contribution < 1.29 is 35.9 Å². The number of benzene rings is 2. The Labute approximate surface area is 185 Å². The van der Waals surface area contributed by atoms with E-state index in [-0.39, 0.29) is 22.2 Å². The van der Waals surface area contributed by atoms with Gasteiger partial charge in [-0.25, -0.2) is 26.9 Å². The van der Waals surface area contributed by atoms with E-state index in [0.717, 1.165) is 6.26 Å². The zero-order valence-electron chi connectivity index (χ0n) is 16.5. The van der Waals surface area contributed by atoms with Gasteiger partial charge in [0.1, 0.15) is 10.8 Å². The number of nitrogens with one attached hydrogen (secondary N) is 1. The molecule has 0 unspecified atom stereocenters. The van der Waals surface area contributed by atoms with Gasteiger partial charge in [0.25, 0.3) is 5.91 Å². The van der Waals surface area contributed by atoms with Crippen LogP contribution in [0.1, 0.15) is 10.4 Å². The zero-order valence-corrected chi connectivity index (χ0v) is 18.0. The minimum absolute atomic E-state index is 0.0205. The van der Waals surface area contributed by atoms with Crippen LogP contribution in [0.5, 0.6) is 17.4 Å². The summed E-state index contributed by atoms with van der Waals surface area (Å²) in [5.74, 6) is -6.00. The molecular formula is C20H14ClF3N2O5S. The largest absolute Gasteiger partial charge is 0.496 e. The van der Waals surface area contributed by atoms with Gasteiger partial charge >= 0.3 is 0 Å². The number of pyridine rings is 1. The first kappa shape index (κ1) is 23.4. The summed E-state index contributed by atoms with van der Waals surface area (Å²) in [5, 5.41) is -0.147. The van der Waals surface area contributed by atoms with E-state index in [4.69, 9.17) is 21.1 Å². The highest BCUT2D eigenvalue weighted by atomic mass is 35.5. The molecule has 168 valence electrons. The summed E-state index contributed by atoms with van der Waals surface area (Å²) in [6.45, 7) is 0. The van der Waals surface area contributed by atoms with Gasteiger partial charge in [-0.15, -0.1) is 0 Å². The molecule has 32 heavy (non-hydrogen) atoms. The third-order valence-corrected chi connectivity index (χ3v) is 4.89. The molecule has 0 spiro atoms. The van der Waals surface area contributed by atoms with E-state index in [0.29, 0.717) is 23.3 Å². The molecule has 3 rings (SSSR count). The number of ether oxygens (including phenoxy) is 2. The minimum Gasteiger partial charge on any atom is -0.496 e. The first-order valence-corrected chi connectivity index (χ1v) is 10.9. The van der Waals surface area contributed by atoms with Crippen LogP contribution in [0.15, 0.2) is 42.6 Å². The molecule has 0 aliphatic rings. The Morgan fingerprint density at radius 3 is 2.41 bits per heavy atom. The topological polar surface area (TPSA) is 94.6 Å². The van der Waals surface area contributed by atoms with Crippen molar-refractivity contribution in [2.24, 2.45) is 0 Å². The molecule has 0 radical (unpaired) electrons. The lowest BCUT2D eigenvalue weighted by Gasteiger charge is -2.13. The van der Waals surface area contributed by atoms with Crippen molar-refractivity contribution in [1.29, 1.82) is 0 Å². The summed E-state index contributed by atoms with van der Waals surface area (Å²) in [7, 11) is -2.42. The molecule has 1 heterocycles. The lowest BCUT2D eigenvalue weighted by Crippen LogP contribution is -2.29. The van der Waals surface area contributed by atoms with Crippen LogP contribution >= 0.6 is 11.6 Å². The molecular weight excluding hydrogens is 473 g/mol. The first-order valence-electron chi connectivity index (χ1n) is 8.67. The van der Waals surface area contributed by atoms with E-state index in [2.05, 4.69) is 4.98 Å². The maximum Gasteiger partial charge on any atom is 0.264 e. The first-order chi connectivity index (χ1) is 15.0. The predicted octanol–water partition coefficient (Wildman–Crippen LogP) is 4.31. The number of halogens is 4. The summed E-state index contributed by atoms with van der Waals surface area (Å²) in [6.07, 6.45) is 2.10. The number of sulfonamides is 1. The van der Waals surface area contributed by atoms with Crippen LogP contribution in [0.4, 0.5) is 13.2 Å². The lowest BCUT2D eigenvalue weighted by atomic mass is 10.0. The molecule has 0 atom stereocenters. The van der Waals surface area contributed by atoms with Crippen LogP contribution in [0.2, 0.25) is 5.02 Å². The van der Waals surface area contributed by atoms with Gasteiger partial charge in [0, 0.05) is 22.9 Å². The summed E-state index contributed by atoms with van der Waals surface area (Å²) in [5.41, 5.74) is 0.828. The van der Waals surface area contributed by atoms with E-state index < -0.39 is 39.1 Å². The quantitative estimate of drug-likeness (QED) is 0.522. The van der Waals surface area contributed by atoms with E-state index in [1.165, 1.54) is 37.6 Å². The molecule has 0 bridgehead atoms. The Bertz CT molecular complexity index is 1320. The molecule has 0 saturated carbocycles. The standard InChI is InChI=1S/C20H14ClF3N2O5S/c1-30-16-8-10(19(27)26-32(2,28)29)3-4-12(16)11-7-13(21)20(25-9-11)31-18-15(23)6-5-14(22)17(18)24/h3-9H,1-2H3,(H,26,27). The van der Waals surface area contributed by atoms with E-state index >= 15 is 0 Å². The average Bonchev–Trinajstić information content (AvgIpc) is 2.73. The number of rotatable bonds is 6. The Kier molecular flexibility index (Phi) is 6.60. The Morgan fingerprint density at radius 2 is 1.78 bits per heavy atom. The molecule has 1 N–H and O–H groups in total. The smallest absolute Gasteiger partial charge is 0.264 e. The molecule has 0 fully saturated rings. The maximum atomic E-state index is 13.8. The third-order valence-electron chi connectivity index (χ3n) is 4.06. The lowest BCUT2D eigenvalue weighted by molar-refractivity contribution is 0.0981. The fourth-order valence-corrected chi connectivity index (χ4v) is 3.30. The number of carbonyl (C=O) groups excluding carboxylic acids is 1. The summed E-state index contributed by atoms with van der Waals surface area (Å²) < 4.78 is 75.6. The van der Waals surface area contributed by atoms with E-state index in [9.17, 15) is 26.4 Å². The normalized spacial score (nSPS) is 11.2. The maximum absolute atomic E-state index is 13.8. The zero-order chi connectivity index (χ0) is 23.6. The molecule has 12 heteroatoms. The summed E-state index contributed by atoms with van der Waals surface area (Å²) >= 11 is 6.13. The molecule has 7 nitrogen and oxygen atoms in total. The highest BCUT2D eigenvalue weighted by Crippen LogP contribution is 2.36. The second-order valence-electron chi connectivity index (χ2n) is 6.40. The molecule has 1 aromatic heterocycles. The number of amides is 1. The second-order valence-corrected chi connectivity index (χ2v) is 8.56. The number of carbonyl (C=O) groups is 1. The number of aromatic nitrogens is 1. The number of hydrogen-bond acceptors (Lipinski definition) is 6. The molecule has 2 aromatic carbocycles. The van der Waals surface area contributed by atoms with Crippen LogP contribution in [-0.2, 0) is 10.0 Å². The monoisotopic (exact) mass is 486 g/mol. The van der Waals surface area contributed by atoms with Crippen molar-refractivity contribution in [3.63, 3.8) is 0 Å². The van der Waals surface area contributed by atoms with Gasteiger partial charge in [0.2, 0.25) is 27.5 Å². The van der Waals surface area contributed by atoms with Crippen molar-refractivity contribution in [3.8, 4) is 28.5 Å². The summed E-state index contributed by atoms with van der Waals surface area (Å²) in [4.78, 5) is 16.0. The van der Waals surface area contributed by atoms with Crippen LogP contribution in [0.25, 0.3) is 11.1 Å². The van der Waals surface area contributed by atoms with Gasteiger partial charge < -0.3 is 9.47 Å². The van der Waals surface area contributed by atoms with Gasteiger partial charge in [-0.1, -0.05) is 11.6 Å². The van der Waals surface area contributed by atoms with Crippen molar-refractivity contribution in [3.05, 3.63) is 70.6 Å². The number of nitrogens with zero attached hydrogens (tertiary/aromatic N) is 1. The predicted molar refractivity (Wildman–Crippen MR) is 110 cm³/mol. The van der Waals surface area contributed by atoms with Crippen molar-refractivity contribution in [1.82, 2.24) is 9.71 Å². The van der Waals surface area contributed by atoms with Gasteiger partial charge in [-0.2, -0.15) is 4.39 Å². The summed E-state index contributed by atoms with van der Waals surface area (Å²) in [6, 6.07) is 6.80. The fourth-order valence-electron chi connectivity index (χ4n) is 2.64. The second kappa shape index (κ2) is 9.05. The van der Waals surface area contributed by atoms with E-state index in [1.54, 1.807) is 0 Å². The minimum atomic E-state index is -3.76. The molecule has 3 aromatic rings. The highest BCUT2D eigenvalue weighted by molar-refractivity contribution is 7.89. The van der Waals surface area contributed by atoms with Crippen LogP contribution in [-0.4, -0.2) is 32.7 Å². The van der Waals surface area contributed by atoms with Crippen molar-refractivity contribution in [2.45, 2.75) is 0 Å². The van der Waals surface area contributed by atoms with Crippen LogP contribution < -0.4 is 14.2 Å². The Morgan fingerprint density at radius 1 is 1.09 bits per heavy atom.